The normalized spacial score (nSPS) is 19.9. The minimum atomic E-state index is -2.80. The first kappa shape index (κ1) is 24.3. The lowest BCUT2D eigenvalue weighted by atomic mass is 9.87. The number of anilines is 1. The molecule has 2 saturated carbocycles. The Morgan fingerprint density at radius 2 is 2.00 bits per heavy atom. The molecule has 2 aliphatic rings. The molecule has 0 aliphatic heterocycles. The summed E-state index contributed by atoms with van der Waals surface area (Å²) in [7, 11) is 0. The van der Waals surface area contributed by atoms with Gasteiger partial charge in [0.2, 0.25) is 0 Å². The van der Waals surface area contributed by atoms with Crippen molar-refractivity contribution < 1.29 is 23.4 Å². The van der Waals surface area contributed by atoms with Gasteiger partial charge < -0.3 is 19.3 Å². The average Bonchev–Trinajstić information content (AvgIpc) is 3.61. The maximum atomic E-state index is 13.4. The molecule has 1 N–H and O–H groups in total. The van der Waals surface area contributed by atoms with E-state index in [9.17, 15) is 23.5 Å². The van der Waals surface area contributed by atoms with Crippen LogP contribution in [-0.4, -0.2) is 52.2 Å². The Bertz CT molecular complexity index is 1360. The first-order valence-electron chi connectivity index (χ1n) is 11.4. The van der Waals surface area contributed by atoms with Crippen molar-refractivity contribution in [3.8, 4) is 0 Å². The molecule has 7 nitrogen and oxygen atoms in total. The summed E-state index contributed by atoms with van der Waals surface area (Å²) in [5.41, 5.74) is 0.461. The van der Waals surface area contributed by atoms with E-state index in [1.54, 1.807) is 24.3 Å². The second kappa shape index (κ2) is 9.55. The lowest BCUT2D eigenvalue weighted by molar-refractivity contribution is -0.183. The van der Waals surface area contributed by atoms with Crippen molar-refractivity contribution in [3.05, 3.63) is 39.5 Å². The summed E-state index contributed by atoms with van der Waals surface area (Å²) in [4.78, 5) is 32.7. The molecule has 0 saturated heterocycles. The molecule has 2 aromatic heterocycles. The second-order valence-electron chi connectivity index (χ2n) is 9.07. The molecule has 2 heterocycles. The number of hydrogen-bond acceptors (Lipinski definition) is 6. The van der Waals surface area contributed by atoms with Gasteiger partial charge >= 0.3 is 12.6 Å². The molecule has 2 aliphatic carbocycles. The lowest BCUT2D eigenvalue weighted by Gasteiger charge is -2.43. The van der Waals surface area contributed by atoms with Crippen molar-refractivity contribution in [1.29, 1.82) is 0 Å². The number of carbonyl (C=O) groups is 1. The Labute approximate surface area is 209 Å². The van der Waals surface area contributed by atoms with Crippen LogP contribution < -0.4 is 10.3 Å². The molecule has 0 bridgehead atoms. The van der Waals surface area contributed by atoms with Gasteiger partial charge in [0.1, 0.15) is 18.0 Å². The number of fused-ring (bicyclic) bond motifs is 2. The van der Waals surface area contributed by atoms with Gasteiger partial charge in [0.25, 0.3) is 0 Å². The van der Waals surface area contributed by atoms with E-state index in [4.69, 9.17) is 16.6 Å². The van der Waals surface area contributed by atoms with Gasteiger partial charge in [-0.05, 0) is 62.1 Å². The van der Waals surface area contributed by atoms with Crippen molar-refractivity contribution in [2.45, 2.75) is 55.9 Å². The third-order valence-electron chi connectivity index (χ3n) is 6.71. The van der Waals surface area contributed by atoms with Gasteiger partial charge in [-0.2, -0.15) is 8.78 Å². The number of carboxylic acid groups (broad SMARTS) is 1. The van der Waals surface area contributed by atoms with E-state index in [0.717, 1.165) is 19.4 Å². The van der Waals surface area contributed by atoms with Crippen molar-refractivity contribution in [2.24, 2.45) is 5.92 Å². The molecule has 0 amide bonds. The molecule has 186 valence electrons. The summed E-state index contributed by atoms with van der Waals surface area (Å²) >= 11 is 7.74. The molecule has 0 atom stereocenters. The third kappa shape index (κ3) is 4.71. The van der Waals surface area contributed by atoms with Gasteiger partial charge in [-0.15, -0.1) is 11.8 Å². The third-order valence-corrected chi connectivity index (χ3v) is 7.96. The fourth-order valence-electron chi connectivity index (χ4n) is 4.77. The highest BCUT2D eigenvalue weighted by Crippen LogP contribution is 2.38. The minimum Gasteiger partial charge on any atom is -0.480 e. The number of aromatic nitrogens is 2. The summed E-state index contributed by atoms with van der Waals surface area (Å²) in [6, 6.07) is 6.68. The fourth-order valence-corrected chi connectivity index (χ4v) is 5.83. The zero-order chi connectivity index (χ0) is 24.9. The van der Waals surface area contributed by atoms with E-state index in [1.165, 1.54) is 16.3 Å². The number of alkyl halides is 2. The monoisotopic (exact) mass is 523 g/mol. The van der Waals surface area contributed by atoms with E-state index in [-0.39, 0.29) is 17.1 Å². The Kier molecular flexibility index (Phi) is 6.63. The summed E-state index contributed by atoms with van der Waals surface area (Å²) in [5.74, 6) is 0.0223. The van der Waals surface area contributed by atoms with E-state index < -0.39 is 25.2 Å². The van der Waals surface area contributed by atoms with Gasteiger partial charge in [-0.1, -0.05) is 11.6 Å². The highest BCUT2D eigenvalue weighted by atomic mass is 35.5. The van der Waals surface area contributed by atoms with Crippen LogP contribution in [0.25, 0.3) is 21.9 Å². The molecule has 35 heavy (non-hydrogen) atoms. The lowest BCUT2D eigenvalue weighted by Crippen LogP contribution is -2.50. The quantitative estimate of drug-likeness (QED) is 0.312. The van der Waals surface area contributed by atoms with E-state index >= 15 is 0 Å². The molecule has 11 heteroatoms. The summed E-state index contributed by atoms with van der Waals surface area (Å²) in [6.45, 7) is -2.47. The van der Waals surface area contributed by atoms with Crippen LogP contribution in [-0.2, 0) is 16.1 Å². The SMILES string of the molecule is CSc1c(Cl)ccc2c(=O)c3ccc(N(CC4CC4)C4CC(OC(F)F)C4)nc3n(CC(=O)O)c12. The van der Waals surface area contributed by atoms with Crippen molar-refractivity contribution in [1.82, 2.24) is 9.55 Å². The zero-order valence-corrected chi connectivity index (χ0v) is 20.5. The average molecular weight is 524 g/mol. The molecule has 2 fully saturated rings. The standard InChI is InChI=1S/C24H24ClF2N3O4S/c1-35-22-17(25)6-4-15-20(22)30(11-19(31)32)23-16(21(15)33)5-7-18(28-23)29(10-12-2-3-12)13-8-14(9-13)34-24(26)27/h4-7,12-14,24H,2-3,8-11H2,1H3,(H,31,32). The Hall–Kier alpha value is -2.43. The Balaban J connectivity index is 1.65. The van der Waals surface area contributed by atoms with Crippen LogP contribution in [0.15, 0.2) is 34.0 Å². The highest BCUT2D eigenvalue weighted by molar-refractivity contribution is 7.99. The van der Waals surface area contributed by atoms with Crippen LogP contribution in [0.1, 0.15) is 25.7 Å². The van der Waals surface area contributed by atoms with Crippen LogP contribution in [0.5, 0.6) is 0 Å². The highest BCUT2D eigenvalue weighted by Gasteiger charge is 2.39. The Morgan fingerprint density at radius 1 is 1.29 bits per heavy atom. The maximum absolute atomic E-state index is 13.4. The molecule has 5 rings (SSSR count). The number of ether oxygens (including phenoxy) is 1. The topological polar surface area (TPSA) is 84.7 Å². The molecule has 3 aromatic rings. The van der Waals surface area contributed by atoms with Gasteiger partial charge in [0, 0.05) is 18.0 Å². The Morgan fingerprint density at radius 3 is 2.63 bits per heavy atom. The number of nitrogens with zero attached hydrogens (tertiary/aromatic N) is 3. The van der Waals surface area contributed by atoms with Crippen LogP contribution in [0.4, 0.5) is 14.6 Å². The van der Waals surface area contributed by atoms with Crippen LogP contribution >= 0.6 is 23.4 Å². The number of halogens is 3. The molecule has 0 radical (unpaired) electrons. The summed E-state index contributed by atoms with van der Waals surface area (Å²) in [5, 5.41) is 10.8. The zero-order valence-electron chi connectivity index (χ0n) is 18.9. The maximum Gasteiger partial charge on any atom is 0.345 e. The van der Waals surface area contributed by atoms with Crippen molar-refractivity contribution in [3.63, 3.8) is 0 Å². The van der Waals surface area contributed by atoms with E-state index in [0.29, 0.717) is 50.8 Å². The minimum absolute atomic E-state index is 0.0133. The first-order chi connectivity index (χ1) is 16.8. The van der Waals surface area contributed by atoms with E-state index in [2.05, 4.69) is 9.64 Å². The van der Waals surface area contributed by atoms with Gasteiger partial charge in [0.05, 0.1) is 26.9 Å². The van der Waals surface area contributed by atoms with Crippen molar-refractivity contribution in [2.75, 3.05) is 17.7 Å². The molecular formula is C24H24ClF2N3O4S. The number of rotatable bonds is 9. The van der Waals surface area contributed by atoms with Gasteiger partial charge in [0.15, 0.2) is 5.43 Å². The molecule has 0 unspecified atom stereocenters. The fraction of sp³-hybridized carbons (Fsp3) is 0.458. The number of carboxylic acids is 1. The summed E-state index contributed by atoms with van der Waals surface area (Å²) < 4.78 is 31.4. The molecule has 1 aromatic carbocycles. The van der Waals surface area contributed by atoms with E-state index in [1.807, 2.05) is 6.26 Å². The number of aliphatic carboxylic acids is 1. The summed E-state index contributed by atoms with van der Waals surface area (Å²) in [6.07, 6.45) is 4.43. The number of thioether (sulfide) groups is 1. The second-order valence-corrected chi connectivity index (χ2v) is 10.3. The molecular weight excluding hydrogens is 500 g/mol. The predicted octanol–water partition coefficient (Wildman–Crippen LogP) is 5.00. The van der Waals surface area contributed by atoms with Crippen LogP contribution in [0.3, 0.4) is 0 Å². The number of hydrogen-bond donors (Lipinski definition) is 1. The van der Waals surface area contributed by atoms with Gasteiger partial charge in [-0.25, -0.2) is 4.98 Å². The number of benzene rings is 1. The smallest absolute Gasteiger partial charge is 0.345 e. The molecule has 0 spiro atoms. The van der Waals surface area contributed by atoms with Crippen LogP contribution in [0, 0.1) is 5.92 Å². The van der Waals surface area contributed by atoms with Crippen LogP contribution in [0.2, 0.25) is 5.02 Å². The van der Waals surface area contributed by atoms with Gasteiger partial charge in [-0.3, -0.25) is 9.59 Å². The largest absolute Gasteiger partial charge is 0.480 e. The first-order valence-corrected chi connectivity index (χ1v) is 13.0. The van der Waals surface area contributed by atoms with Crippen molar-refractivity contribution >= 4 is 57.1 Å². The predicted molar refractivity (Wildman–Crippen MR) is 132 cm³/mol. The number of pyridine rings is 2.